The number of benzene rings is 2. The van der Waals surface area contributed by atoms with E-state index in [1.165, 1.54) is 0 Å². The van der Waals surface area contributed by atoms with E-state index in [9.17, 15) is 9.59 Å². The molecule has 0 fully saturated rings. The van der Waals surface area contributed by atoms with Gasteiger partial charge in [0.25, 0.3) is 5.91 Å². The molecule has 0 saturated heterocycles. The number of fused-ring (bicyclic) bond motifs is 1. The first kappa shape index (κ1) is 20.7. The van der Waals surface area contributed by atoms with Crippen LogP contribution in [0.1, 0.15) is 53.5 Å². The summed E-state index contributed by atoms with van der Waals surface area (Å²) >= 11 is 0. The highest BCUT2D eigenvalue weighted by Crippen LogP contribution is 2.40. The molecule has 0 saturated carbocycles. The normalized spacial score (nSPS) is 13.1. The Balaban J connectivity index is 2.08. The number of hydrogen-bond donors (Lipinski definition) is 0. The monoisotopic (exact) mass is 397 g/mol. The third kappa shape index (κ3) is 4.06. The van der Waals surface area contributed by atoms with Crippen LogP contribution in [0.2, 0.25) is 0 Å². The summed E-state index contributed by atoms with van der Waals surface area (Å²) in [6.45, 7) is 9.21. The fourth-order valence-corrected chi connectivity index (χ4v) is 3.57. The zero-order chi connectivity index (χ0) is 21.0. The summed E-state index contributed by atoms with van der Waals surface area (Å²) in [4.78, 5) is 27.5. The molecule has 6 heteroatoms. The van der Waals surface area contributed by atoms with Crippen molar-refractivity contribution in [1.82, 2.24) is 0 Å². The summed E-state index contributed by atoms with van der Waals surface area (Å²) in [5, 5.41) is 0. The minimum atomic E-state index is -0.196. The third-order valence-corrected chi connectivity index (χ3v) is 4.77. The van der Waals surface area contributed by atoms with Gasteiger partial charge in [-0.1, -0.05) is 12.1 Å². The van der Waals surface area contributed by atoms with Crippen LogP contribution < -0.4 is 19.1 Å². The fourth-order valence-electron chi connectivity index (χ4n) is 3.57. The summed E-state index contributed by atoms with van der Waals surface area (Å²) in [5.41, 5.74) is 2.60. The summed E-state index contributed by atoms with van der Waals surface area (Å²) < 4.78 is 17.2. The van der Waals surface area contributed by atoms with Gasteiger partial charge in [-0.3, -0.25) is 9.59 Å². The first-order valence-corrected chi connectivity index (χ1v) is 10.0. The molecule has 0 aliphatic carbocycles. The van der Waals surface area contributed by atoms with Gasteiger partial charge >= 0.3 is 0 Å². The van der Waals surface area contributed by atoms with E-state index in [1.54, 1.807) is 23.1 Å². The Morgan fingerprint density at radius 2 is 1.62 bits per heavy atom. The molecule has 6 nitrogen and oxygen atoms in total. The number of rotatable bonds is 7. The maximum absolute atomic E-state index is 13.5. The topological polar surface area (TPSA) is 65.1 Å². The third-order valence-electron chi connectivity index (χ3n) is 4.77. The average molecular weight is 397 g/mol. The van der Waals surface area contributed by atoms with Crippen LogP contribution in [0.5, 0.6) is 17.2 Å². The van der Waals surface area contributed by atoms with Gasteiger partial charge in [-0.05, 0) is 51.5 Å². The first-order valence-electron chi connectivity index (χ1n) is 10.0. The van der Waals surface area contributed by atoms with Gasteiger partial charge in [-0.15, -0.1) is 0 Å². The highest BCUT2D eigenvalue weighted by atomic mass is 16.5. The minimum Gasteiger partial charge on any atom is -0.490 e. The molecule has 0 bridgehead atoms. The molecule has 0 unspecified atom stereocenters. The van der Waals surface area contributed by atoms with Gasteiger partial charge in [0, 0.05) is 24.1 Å². The Kier molecular flexibility index (Phi) is 6.42. The number of carbonyl (C=O) groups excluding carboxylic acids is 2. The van der Waals surface area contributed by atoms with Crippen molar-refractivity contribution in [2.75, 3.05) is 31.3 Å². The van der Waals surface area contributed by atoms with Crippen LogP contribution in [0.3, 0.4) is 0 Å². The molecule has 2 aromatic carbocycles. The molecule has 154 valence electrons. The number of amides is 1. The van der Waals surface area contributed by atoms with Crippen LogP contribution in [-0.4, -0.2) is 38.1 Å². The van der Waals surface area contributed by atoms with Gasteiger partial charge in [0.05, 0.1) is 25.5 Å². The largest absolute Gasteiger partial charge is 0.490 e. The van der Waals surface area contributed by atoms with Crippen LogP contribution >= 0.6 is 0 Å². The number of ketones is 1. The lowest BCUT2D eigenvalue weighted by Gasteiger charge is -2.30. The maximum Gasteiger partial charge on any atom is 0.258 e. The van der Waals surface area contributed by atoms with Crippen LogP contribution in [0.15, 0.2) is 30.3 Å². The van der Waals surface area contributed by atoms with Gasteiger partial charge < -0.3 is 19.1 Å². The quantitative estimate of drug-likeness (QED) is 0.692. The second kappa shape index (κ2) is 8.99. The van der Waals surface area contributed by atoms with Crippen molar-refractivity contribution in [2.45, 2.75) is 34.1 Å². The number of para-hydroxylation sites is 1. The van der Waals surface area contributed by atoms with E-state index >= 15 is 0 Å². The summed E-state index contributed by atoms with van der Waals surface area (Å²) in [7, 11) is 0. The molecular weight excluding hydrogens is 370 g/mol. The zero-order valence-electron chi connectivity index (χ0n) is 17.4. The molecule has 2 aromatic rings. The number of anilines is 1. The first-order chi connectivity index (χ1) is 14.0. The number of carbonyl (C=O) groups is 2. The lowest BCUT2D eigenvalue weighted by Crippen LogP contribution is -2.38. The molecule has 1 amide bonds. The van der Waals surface area contributed by atoms with Crippen LogP contribution in [0.4, 0.5) is 5.69 Å². The van der Waals surface area contributed by atoms with Crippen molar-refractivity contribution in [3.8, 4) is 17.2 Å². The Labute approximate surface area is 171 Å². The molecule has 1 heterocycles. The number of aryl methyl sites for hydroxylation is 1. The molecular formula is C23H27NO5. The van der Waals surface area contributed by atoms with Crippen LogP contribution in [0, 0.1) is 6.92 Å². The van der Waals surface area contributed by atoms with Crippen molar-refractivity contribution in [1.29, 1.82) is 0 Å². The van der Waals surface area contributed by atoms with E-state index in [4.69, 9.17) is 14.2 Å². The summed E-state index contributed by atoms with van der Waals surface area (Å²) in [5.74, 6) is 1.31. The molecule has 0 spiro atoms. The summed E-state index contributed by atoms with van der Waals surface area (Å²) in [6.07, 6.45) is 0.301. The standard InChI is InChI=1S/C23H27NO5/c1-5-27-19-13-16(14-20(28-6-2)22(19)29-7-3)23(26)24-12-11-18(25)17-10-8-9-15(4)21(17)24/h8-10,13-14H,5-7,11-12H2,1-4H3. The molecule has 1 aliphatic heterocycles. The van der Waals surface area contributed by atoms with Gasteiger partial charge in [0.15, 0.2) is 17.3 Å². The van der Waals surface area contributed by atoms with E-state index < -0.39 is 0 Å². The Morgan fingerprint density at radius 3 is 2.21 bits per heavy atom. The highest BCUT2D eigenvalue weighted by molar-refractivity contribution is 6.14. The number of ether oxygens (including phenoxy) is 3. The smallest absolute Gasteiger partial charge is 0.258 e. The molecule has 1 aliphatic rings. The Hall–Kier alpha value is -3.02. The second-order valence-corrected chi connectivity index (χ2v) is 6.70. The fraction of sp³-hybridized carbons (Fsp3) is 0.391. The van der Waals surface area contributed by atoms with E-state index in [0.717, 1.165) is 5.56 Å². The van der Waals surface area contributed by atoms with E-state index in [0.29, 0.717) is 66.8 Å². The number of hydrogen-bond acceptors (Lipinski definition) is 5. The summed E-state index contributed by atoms with van der Waals surface area (Å²) in [6, 6.07) is 8.91. The van der Waals surface area contributed by atoms with E-state index in [-0.39, 0.29) is 11.7 Å². The SMILES string of the molecule is CCOc1cc(C(=O)N2CCC(=O)c3cccc(C)c32)cc(OCC)c1OCC. The number of Topliss-reactive ketones (excluding diaryl/α,β-unsaturated/α-hetero) is 1. The molecule has 29 heavy (non-hydrogen) atoms. The predicted molar refractivity (Wildman–Crippen MR) is 112 cm³/mol. The molecule has 0 N–H and O–H groups in total. The maximum atomic E-state index is 13.5. The molecule has 0 atom stereocenters. The lowest BCUT2D eigenvalue weighted by molar-refractivity contribution is 0.0954. The highest BCUT2D eigenvalue weighted by Gasteiger charge is 2.30. The van der Waals surface area contributed by atoms with Crippen molar-refractivity contribution in [2.24, 2.45) is 0 Å². The van der Waals surface area contributed by atoms with Gasteiger partial charge in [0.2, 0.25) is 5.75 Å². The lowest BCUT2D eigenvalue weighted by atomic mass is 9.96. The second-order valence-electron chi connectivity index (χ2n) is 6.70. The van der Waals surface area contributed by atoms with Crippen molar-refractivity contribution in [3.05, 3.63) is 47.0 Å². The molecule has 0 aromatic heterocycles. The van der Waals surface area contributed by atoms with Crippen LogP contribution in [-0.2, 0) is 0 Å². The molecule has 0 radical (unpaired) electrons. The van der Waals surface area contributed by atoms with E-state index in [2.05, 4.69) is 0 Å². The van der Waals surface area contributed by atoms with Crippen molar-refractivity contribution >= 4 is 17.4 Å². The minimum absolute atomic E-state index is 0.0597. The predicted octanol–water partition coefficient (Wildman–Crippen LogP) is 4.42. The van der Waals surface area contributed by atoms with Gasteiger partial charge in [0.1, 0.15) is 0 Å². The number of nitrogens with zero attached hydrogens (tertiary/aromatic N) is 1. The Morgan fingerprint density at radius 1 is 1.00 bits per heavy atom. The average Bonchev–Trinajstić information content (AvgIpc) is 2.71. The van der Waals surface area contributed by atoms with Crippen LogP contribution in [0.25, 0.3) is 0 Å². The van der Waals surface area contributed by atoms with Crippen molar-refractivity contribution in [3.63, 3.8) is 0 Å². The van der Waals surface area contributed by atoms with Gasteiger partial charge in [-0.25, -0.2) is 0 Å². The zero-order valence-corrected chi connectivity index (χ0v) is 17.4. The van der Waals surface area contributed by atoms with Crippen molar-refractivity contribution < 1.29 is 23.8 Å². The van der Waals surface area contributed by atoms with E-state index in [1.807, 2.05) is 39.8 Å². The molecule has 3 rings (SSSR count). The van der Waals surface area contributed by atoms with Gasteiger partial charge in [-0.2, -0.15) is 0 Å². The Bertz CT molecular complexity index is 894.